The molecule has 0 radical (unpaired) electrons. The Balaban J connectivity index is 2.40. The van der Waals surface area contributed by atoms with E-state index in [9.17, 15) is 0 Å². The molecule has 3 nitrogen and oxygen atoms in total. The van der Waals surface area contributed by atoms with E-state index in [4.69, 9.17) is 9.47 Å². The van der Waals surface area contributed by atoms with Gasteiger partial charge in [0, 0.05) is 11.0 Å². The van der Waals surface area contributed by atoms with Gasteiger partial charge in [-0.25, -0.2) is 4.98 Å². The van der Waals surface area contributed by atoms with Crippen LogP contribution in [-0.4, -0.2) is 17.4 Å². The highest BCUT2D eigenvalue weighted by molar-refractivity contribution is 9.10. The lowest BCUT2D eigenvalue weighted by atomic mass is 9.87. The number of aromatic nitrogens is 1. The third kappa shape index (κ3) is 2.92. The summed E-state index contributed by atoms with van der Waals surface area (Å²) in [5.41, 5.74) is 2.16. The Morgan fingerprint density at radius 1 is 1.33 bits per heavy atom. The fourth-order valence-corrected chi connectivity index (χ4v) is 2.46. The summed E-state index contributed by atoms with van der Waals surface area (Å²) in [4.78, 5) is 4.62. The van der Waals surface area contributed by atoms with Gasteiger partial charge < -0.3 is 9.47 Å². The number of ether oxygens (including phenoxy) is 2. The van der Waals surface area contributed by atoms with Crippen molar-refractivity contribution in [2.45, 2.75) is 51.9 Å². The molecule has 1 aromatic rings. The summed E-state index contributed by atoms with van der Waals surface area (Å²) in [5.74, 6) is -0.507. The topological polar surface area (TPSA) is 31.4 Å². The molecule has 0 spiro atoms. The molecule has 1 saturated heterocycles. The smallest absolute Gasteiger partial charge is 0.163 e. The van der Waals surface area contributed by atoms with Crippen molar-refractivity contribution in [2.75, 3.05) is 6.61 Å². The molecule has 0 saturated carbocycles. The standard InChI is InChI=1S/C14H20BrNO2/c1-13(2,3)12-9(6-7-11(15)16-12)10-8-17-14(4,5)18-10/h6-7,10H,8H2,1-5H3. The van der Waals surface area contributed by atoms with E-state index in [2.05, 4.69) is 47.8 Å². The lowest BCUT2D eigenvalue weighted by molar-refractivity contribution is -0.139. The summed E-state index contributed by atoms with van der Waals surface area (Å²) in [6.07, 6.45) is -0.0326. The van der Waals surface area contributed by atoms with Crippen LogP contribution in [0, 0.1) is 0 Å². The van der Waals surface area contributed by atoms with Gasteiger partial charge in [0.1, 0.15) is 10.7 Å². The van der Waals surface area contributed by atoms with E-state index in [1.54, 1.807) is 0 Å². The Labute approximate surface area is 117 Å². The molecule has 2 heterocycles. The summed E-state index contributed by atoms with van der Waals surface area (Å²) in [7, 11) is 0. The molecule has 1 fully saturated rings. The lowest BCUT2D eigenvalue weighted by Gasteiger charge is -2.24. The molecule has 0 N–H and O–H groups in total. The molecule has 1 unspecified atom stereocenters. The second kappa shape index (κ2) is 4.58. The second-order valence-corrected chi connectivity index (χ2v) is 6.95. The molecule has 0 aliphatic carbocycles. The highest BCUT2D eigenvalue weighted by Crippen LogP contribution is 2.37. The Hall–Kier alpha value is -0.450. The van der Waals surface area contributed by atoms with Crippen molar-refractivity contribution in [1.29, 1.82) is 0 Å². The molecular weight excluding hydrogens is 294 g/mol. The highest BCUT2D eigenvalue weighted by Gasteiger charge is 2.36. The van der Waals surface area contributed by atoms with Crippen LogP contribution in [0.2, 0.25) is 0 Å². The maximum absolute atomic E-state index is 5.93. The summed E-state index contributed by atoms with van der Waals surface area (Å²) in [6, 6.07) is 4.03. The van der Waals surface area contributed by atoms with Gasteiger partial charge in [0.15, 0.2) is 5.79 Å². The third-order valence-electron chi connectivity index (χ3n) is 2.96. The first-order valence-corrected chi connectivity index (χ1v) is 6.97. The maximum atomic E-state index is 5.93. The van der Waals surface area contributed by atoms with Crippen molar-refractivity contribution in [3.8, 4) is 0 Å². The van der Waals surface area contributed by atoms with Gasteiger partial charge in [0.2, 0.25) is 0 Å². The first-order chi connectivity index (χ1) is 8.19. The summed E-state index contributed by atoms with van der Waals surface area (Å²) in [6.45, 7) is 10.9. The Bertz CT molecular complexity index is 452. The normalized spacial score (nSPS) is 23.3. The predicted molar refractivity (Wildman–Crippen MR) is 74.5 cm³/mol. The average Bonchev–Trinajstić information content (AvgIpc) is 2.57. The SMILES string of the molecule is CC1(C)OCC(c2ccc(Br)nc2C(C)(C)C)O1. The van der Waals surface area contributed by atoms with E-state index in [0.717, 1.165) is 15.9 Å². The van der Waals surface area contributed by atoms with Crippen LogP contribution in [0.4, 0.5) is 0 Å². The average molecular weight is 314 g/mol. The van der Waals surface area contributed by atoms with Crippen molar-refractivity contribution in [3.05, 3.63) is 28.0 Å². The molecule has 0 amide bonds. The molecule has 1 atom stereocenters. The second-order valence-electron chi connectivity index (χ2n) is 6.14. The largest absolute Gasteiger partial charge is 0.347 e. The Morgan fingerprint density at radius 2 is 2.00 bits per heavy atom. The minimum atomic E-state index is -0.507. The van der Waals surface area contributed by atoms with Crippen molar-refractivity contribution < 1.29 is 9.47 Å². The monoisotopic (exact) mass is 313 g/mol. The zero-order valence-corrected chi connectivity index (χ0v) is 13.2. The number of pyridine rings is 1. The lowest BCUT2D eigenvalue weighted by Crippen LogP contribution is -2.22. The van der Waals surface area contributed by atoms with Crippen LogP contribution >= 0.6 is 15.9 Å². The van der Waals surface area contributed by atoms with E-state index in [1.807, 2.05) is 19.9 Å². The van der Waals surface area contributed by atoms with E-state index in [1.165, 1.54) is 0 Å². The van der Waals surface area contributed by atoms with Gasteiger partial charge in [-0.3, -0.25) is 0 Å². The number of nitrogens with zero attached hydrogens (tertiary/aromatic N) is 1. The summed E-state index contributed by atoms with van der Waals surface area (Å²) < 4.78 is 12.4. The van der Waals surface area contributed by atoms with Crippen LogP contribution in [0.15, 0.2) is 16.7 Å². The van der Waals surface area contributed by atoms with E-state index >= 15 is 0 Å². The van der Waals surface area contributed by atoms with Gasteiger partial charge in [-0.2, -0.15) is 0 Å². The van der Waals surface area contributed by atoms with Gasteiger partial charge in [0.05, 0.1) is 12.3 Å². The minimum absolute atomic E-state index is 0.0186. The van der Waals surface area contributed by atoms with Crippen molar-refractivity contribution >= 4 is 15.9 Å². The maximum Gasteiger partial charge on any atom is 0.163 e. The number of hydrogen-bond donors (Lipinski definition) is 0. The third-order valence-corrected chi connectivity index (χ3v) is 3.40. The van der Waals surface area contributed by atoms with E-state index in [-0.39, 0.29) is 11.5 Å². The minimum Gasteiger partial charge on any atom is -0.347 e. The zero-order valence-electron chi connectivity index (χ0n) is 11.6. The molecule has 0 aromatic carbocycles. The molecular formula is C14H20BrNO2. The van der Waals surface area contributed by atoms with Crippen LogP contribution in [0.5, 0.6) is 0 Å². The number of rotatable bonds is 1. The number of halogens is 1. The summed E-state index contributed by atoms with van der Waals surface area (Å²) in [5, 5.41) is 0. The first-order valence-electron chi connectivity index (χ1n) is 6.18. The molecule has 0 bridgehead atoms. The fourth-order valence-electron chi connectivity index (χ4n) is 2.15. The van der Waals surface area contributed by atoms with Crippen LogP contribution in [0.1, 0.15) is 52.0 Å². The molecule has 2 rings (SSSR count). The Morgan fingerprint density at radius 3 is 2.50 bits per heavy atom. The molecule has 1 aromatic heterocycles. The Kier molecular flexibility index (Phi) is 3.56. The molecule has 18 heavy (non-hydrogen) atoms. The first kappa shape index (κ1) is 14.0. The van der Waals surface area contributed by atoms with Crippen molar-refractivity contribution in [3.63, 3.8) is 0 Å². The predicted octanol–water partition coefficient (Wildman–Crippen LogP) is 3.97. The number of hydrogen-bond acceptors (Lipinski definition) is 3. The van der Waals surface area contributed by atoms with E-state index < -0.39 is 5.79 Å². The van der Waals surface area contributed by atoms with Crippen molar-refractivity contribution in [1.82, 2.24) is 4.98 Å². The van der Waals surface area contributed by atoms with Crippen molar-refractivity contribution in [2.24, 2.45) is 0 Å². The summed E-state index contributed by atoms with van der Waals surface area (Å²) >= 11 is 3.44. The fraction of sp³-hybridized carbons (Fsp3) is 0.643. The molecule has 1 aliphatic rings. The molecule has 1 aliphatic heterocycles. The molecule has 100 valence electrons. The van der Waals surface area contributed by atoms with Crippen LogP contribution in [0.25, 0.3) is 0 Å². The quantitative estimate of drug-likeness (QED) is 0.735. The van der Waals surface area contributed by atoms with Gasteiger partial charge in [-0.05, 0) is 35.8 Å². The van der Waals surface area contributed by atoms with Gasteiger partial charge >= 0.3 is 0 Å². The zero-order chi connectivity index (χ0) is 13.6. The van der Waals surface area contributed by atoms with Gasteiger partial charge in [-0.15, -0.1) is 0 Å². The van der Waals surface area contributed by atoms with Crippen LogP contribution in [-0.2, 0) is 14.9 Å². The van der Waals surface area contributed by atoms with E-state index in [0.29, 0.717) is 6.61 Å². The highest BCUT2D eigenvalue weighted by atomic mass is 79.9. The molecule has 4 heteroatoms. The van der Waals surface area contributed by atoms with Gasteiger partial charge in [-0.1, -0.05) is 26.8 Å². The van der Waals surface area contributed by atoms with Crippen LogP contribution < -0.4 is 0 Å². The van der Waals surface area contributed by atoms with Gasteiger partial charge in [0.25, 0.3) is 0 Å². The van der Waals surface area contributed by atoms with Crippen LogP contribution in [0.3, 0.4) is 0 Å².